The maximum absolute atomic E-state index is 12.4. The summed E-state index contributed by atoms with van der Waals surface area (Å²) in [6, 6.07) is 17.0. The van der Waals surface area contributed by atoms with Crippen LogP contribution in [0.4, 0.5) is 4.79 Å². The topological polar surface area (TPSA) is 56.6 Å². The summed E-state index contributed by atoms with van der Waals surface area (Å²) in [4.78, 5) is 18.8. The van der Waals surface area contributed by atoms with Crippen LogP contribution in [-0.4, -0.2) is 45.3 Å². The van der Waals surface area contributed by atoms with Crippen molar-refractivity contribution >= 4 is 17.1 Å². The van der Waals surface area contributed by atoms with E-state index in [1.165, 1.54) is 11.1 Å². The Morgan fingerprint density at radius 1 is 1.13 bits per heavy atom. The summed E-state index contributed by atoms with van der Waals surface area (Å²) in [5.74, 6) is 0. The SMILES string of the molecule is Cc1ccccc1Cn1c(O[C@@H]2CCN(C(=O)OC(C)(C)C)C2)nc2ccccc21. The Hall–Kier alpha value is -3.02. The maximum atomic E-state index is 12.4. The highest BCUT2D eigenvalue weighted by molar-refractivity contribution is 5.76. The molecule has 1 atom stereocenters. The molecule has 0 aliphatic carbocycles. The number of imidazole rings is 1. The van der Waals surface area contributed by atoms with Crippen LogP contribution in [-0.2, 0) is 11.3 Å². The zero-order valence-electron chi connectivity index (χ0n) is 18.1. The van der Waals surface area contributed by atoms with Gasteiger partial charge in [0.05, 0.1) is 24.1 Å². The number of para-hydroxylation sites is 2. The third-order valence-electron chi connectivity index (χ3n) is 5.28. The number of benzene rings is 2. The van der Waals surface area contributed by atoms with Gasteiger partial charge in [-0.1, -0.05) is 36.4 Å². The lowest BCUT2D eigenvalue weighted by atomic mass is 10.1. The third kappa shape index (κ3) is 4.42. The minimum absolute atomic E-state index is 0.107. The summed E-state index contributed by atoms with van der Waals surface area (Å²) in [5, 5.41) is 0. The number of aromatic nitrogens is 2. The van der Waals surface area contributed by atoms with Gasteiger partial charge < -0.3 is 14.4 Å². The number of nitrogens with zero attached hydrogens (tertiary/aromatic N) is 3. The smallest absolute Gasteiger partial charge is 0.410 e. The van der Waals surface area contributed by atoms with Gasteiger partial charge in [0.15, 0.2) is 0 Å². The molecule has 0 radical (unpaired) electrons. The van der Waals surface area contributed by atoms with E-state index in [-0.39, 0.29) is 12.2 Å². The summed E-state index contributed by atoms with van der Waals surface area (Å²) >= 11 is 0. The van der Waals surface area contributed by atoms with E-state index in [9.17, 15) is 4.79 Å². The molecule has 1 aromatic heterocycles. The molecule has 4 rings (SSSR count). The fraction of sp³-hybridized carbons (Fsp3) is 0.417. The van der Waals surface area contributed by atoms with Crippen molar-refractivity contribution < 1.29 is 14.3 Å². The standard InChI is InChI=1S/C24H29N3O3/c1-17-9-5-6-10-18(17)15-27-21-12-8-7-11-20(21)25-22(27)29-19-13-14-26(16-19)23(28)30-24(2,3)4/h5-12,19H,13-16H2,1-4H3/t19-/m1/s1. The Morgan fingerprint density at radius 3 is 2.63 bits per heavy atom. The van der Waals surface area contributed by atoms with Crippen molar-refractivity contribution in [2.45, 2.75) is 52.4 Å². The van der Waals surface area contributed by atoms with Crippen LogP contribution in [0.5, 0.6) is 6.01 Å². The lowest BCUT2D eigenvalue weighted by Crippen LogP contribution is -2.36. The maximum Gasteiger partial charge on any atom is 0.410 e. The van der Waals surface area contributed by atoms with Gasteiger partial charge in [-0.3, -0.25) is 4.57 Å². The predicted octanol–water partition coefficient (Wildman–Crippen LogP) is 4.78. The summed E-state index contributed by atoms with van der Waals surface area (Å²) in [6.45, 7) is 9.56. The van der Waals surface area contributed by atoms with E-state index in [1.54, 1.807) is 4.90 Å². The van der Waals surface area contributed by atoms with Gasteiger partial charge in [-0.25, -0.2) is 4.79 Å². The lowest BCUT2D eigenvalue weighted by Gasteiger charge is -2.24. The van der Waals surface area contributed by atoms with Gasteiger partial charge in [-0.05, 0) is 51.0 Å². The zero-order valence-corrected chi connectivity index (χ0v) is 18.1. The largest absolute Gasteiger partial charge is 0.459 e. The fourth-order valence-electron chi connectivity index (χ4n) is 3.72. The molecule has 2 aromatic carbocycles. The Labute approximate surface area is 177 Å². The molecule has 0 unspecified atom stereocenters. The van der Waals surface area contributed by atoms with Gasteiger partial charge in [0.2, 0.25) is 0 Å². The number of aryl methyl sites for hydroxylation is 1. The number of ether oxygens (including phenoxy) is 2. The third-order valence-corrected chi connectivity index (χ3v) is 5.28. The van der Waals surface area contributed by atoms with Crippen molar-refractivity contribution in [3.63, 3.8) is 0 Å². The minimum Gasteiger partial charge on any atom is -0.459 e. The molecule has 0 N–H and O–H groups in total. The van der Waals surface area contributed by atoms with Crippen LogP contribution in [0.2, 0.25) is 0 Å². The van der Waals surface area contributed by atoms with E-state index in [2.05, 4.69) is 35.8 Å². The summed E-state index contributed by atoms with van der Waals surface area (Å²) < 4.78 is 13.9. The first-order chi connectivity index (χ1) is 14.3. The number of carbonyl (C=O) groups is 1. The second-order valence-electron chi connectivity index (χ2n) is 8.85. The van der Waals surface area contributed by atoms with Gasteiger partial charge in [0.1, 0.15) is 11.7 Å². The Kier molecular flexibility index (Phi) is 5.41. The summed E-state index contributed by atoms with van der Waals surface area (Å²) in [5.41, 5.74) is 3.91. The number of carbonyl (C=O) groups excluding carboxylic acids is 1. The molecule has 1 aliphatic heterocycles. The van der Waals surface area contributed by atoms with Gasteiger partial charge in [0, 0.05) is 13.0 Å². The zero-order chi connectivity index (χ0) is 21.3. The first-order valence-corrected chi connectivity index (χ1v) is 10.4. The molecule has 1 amide bonds. The molecule has 1 saturated heterocycles. The second-order valence-corrected chi connectivity index (χ2v) is 8.85. The molecule has 1 aliphatic rings. The van der Waals surface area contributed by atoms with Crippen LogP contribution in [0.15, 0.2) is 48.5 Å². The van der Waals surface area contributed by atoms with Crippen LogP contribution in [0.1, 0.15) is 38.3 Å². The molecule has 0 bridgehead atoms. The van der Waals surface area contributed by atoms with Gasteiger partial charge in [0.25, 0.3) is 6.01 Å². The van der Waals surface area contributed by atoms with E-state index < -0.39 is 5.60 Å². The molecule has 6 nitrogen and oxygen atoms in total. The van der Waals surface area contributed by atoms with E-state index in [4.69, 9.17) is 14.5 Å². The van der Waals surface area contributed by atoms with Crippen LogP contribution in [0.25, 0.3) is 11.0 Å². The Morgan fingerprint density at radius 2 is 1.87 bits per heavy atom. The molecule has 2 heterocycles. The highest BCUT2D eigenvalue weighted by atomic mass is 16.6. The average molecular weight is 408 g/mol. The number of fused-ring (bicyclic) bond motifs is 1. The van der Waals surface area contributed by atoms with Crippen LogP contribution in [0, 0.1) is 6.92 Å². The molecule has 158 valence electrons. The highest BCUT2D eigenvalue weighted by Gasteiger charge is 2.32. The monoisotopic (exact) mass is 407 g/mol. The fourth-order valence-corrected chi connectivity index (χ4v) is 3.72. The normalized spacial score (nSPS) is 16.8. The van der Waals surface area contributed by atoms with Crippen molar-refractivity contribution in [1.29, 1.82) is 0 Å². The molecule has 6 heteroatoms. The van der Waals surface area contributed by atoms with Gasteiger partial charge in [-0.2, -0.15) is 4.98 Å². The van der Waals surface area contributed by atoms with Crippen molar-refractivity contribution in [2.24, 2.45) is 0 Å². The van der Waals surface area contributed by atoms with E-state index >= 15 is 0 Å². The minimum atomic E-state index is -0.502. The number of likely N-dealkylation sites (tertiary alicyclic amines) is 1. The molecule has 0 saturated carbocycles. The molecule has 1 fully saturated rings. The number of rotatable bonds is 4. The first kappa shape index (κ1) is 20.3. The van der Waals surface area contributed by atoms with Crippen LogP contribution < -0.4 is 4.74 Å². The van der Waals surface area contributed by atoms with Crippen molar-refractivity contribution in [3.05, 3.63) is 59.7 Å². The molecular weight excluding hydrogens is 378 g/mol. The van der Waals surface area contributed by atoms with Crippen LogP contribution in [0.3, 0.4) is 0 Å². The Balaban J connectivity index is 1.55. The second kappa shape index (κ2) is 8.01. The van der Waals surface area contributed by atoms with Crippen molar-refractivity contribution in [3.8, 4) is 6.01 Å². The average Bonchev–Trinajstić information content (AvgIpc) is 3.28. The summed E-state index contributed by atoms with van der Waals surface area (Å²) in [7, 11) is 0. The van der Waals surface area contributed by atoms with E-state index in [0.717, 1.165) is 17.5 Å². The molecule has 3 aromatic rings. The predicted molar refractivity (Wildman–Crippen MR) is 117 cm³/mol. The Bertz CT molecular complexity index is 1050. The van der Waals surface area contributed by atoms with Gasteiger partial charge >= 0.3 is 6.09 Å². The number of hydrogen-bond donors (Lipinski definition) is 0. The first-order valence-electron chi connectivity index (χ1n) is 10.4. The number of hydrogen-bond acceptors (Lipinski definition) is 4. The molecular formula is C24H29N3O3. The lowest BCUT2D eigenvalue weighted by molar-refractivity contribution is 0.0273. The quantitative estimate of drug-likeness (QED) is 0.624. The van der Waals surface area contributed by atoms with E-state index in [0.29, 0.717) is 25.6 Å². The summed E-state index contributed by atoms with van der Waals surface area (Å²) in [6.07, 6.45) is 0.360. The van der Waals surface area contributed by atoms with Crippen molar-refractivity contribution in [2.75, 3.05) is 13.1 Å². The molecule has 30 heavy (non-hydrogen) atoms. The van der Waals surface area contributed by atoms with Crippen LogP contribution >= 0.6 is 0 Å². The van der Waals surface area contributed by atoms with E-state index in [1.807, 2.05) is 45.0 Å². The number of amides is 1. The van der Waals surface area contributed by atoms with Crippen molar-refractivity contribution in [1.82, 2.24) is 14.5 Å². The van der Waals surface area contributed by atoms with Gasteiger partial charge in [-0.15, -0.1) is 0 Å². The highest BCUT2D eigenvalue weighted by Crippen LogP contribution is 2.26. The molecule has 0 spiro atoms.